The molecule has 2 nitrogen and oxygen atoms in total. The van der Waals surface area contributed by atoms with Gasteiger partial charge in [0, 0.05) is 5.92 Å². The first-order chi connectivity index (χ1) is 4.93. The van der Waals surface area contributed by atoms with Crippen molar-refractivity contribution in [1.29, 1.82) is 0 Å². The molecule has 1 aliphatic heterocycles. The minimum atomic E-state index is 0.630. The summed E-state index contributed by atoms with van der Waals surface area (Å²) in [5.41, 5.74) is 0. The lowest BCUT2D eigenvalue weighted by Gasteiger charge is -2.20. The van der Waals surface area contributed by atoms with Gasteiger partial charge in [-0.1, -0.05) is 19.8 Å². The van der Waals surface area contributed by atoms with Gasteiger partial charge >= 0.3 is 0 Å². The Hall–Kier alpha value is -0.0800. The number of unbranched alkanes of at least 4 members (excludes halogenated alkanes) is 1. The molecular weight excluding hydrogens is 128 g/mol. The SMILES string of the molecule is CCCCC1CO[CH]OC1. The number of ether oxygens (including phenoxy) is 2. The highest BCUT2D eigenvalue weighted by Crippen LogP contribution is 2.14. The second-order valence-corrected chi connectivity index (χ2v) is 2.77. The van der Waals surface area contributed by atoms with Gasteiger partial charge in [-0.05, 0) is 6.42 Å². The Morgan fingerprint density at radius 1 is 1.40 bits per heavy atom. The van der Waals surface area contributed by atoms with Crippen LogP contribution in [-0.4, -0.2) is 13.2 Å². The van der Waals surface area contributed by atoms with E-state index in [9.17, 15) is 0 Å². The van der Waals surface area contributed by atoms with Gasteiger partial charge in [0.1, 0.15) is 0 Å². The molecule has 0 N–H and O–H groups in total. The van der Waals surface area contributed by atoms with Gasteiger partial charge in [0.25, 0.3) is 0 Å². The second-order valence-electron chi connectivity index (χ2n) is 2.77. The van der Waals surface area contributed by atoms with Crippen LogP contribution in [0.5, 0.6) is 0 Å². The first-order valence-electron chi connectivity index (χ1n) is 3.98. The summed E-state index contributed by atoms with van der Waals surface area (Å²) in [6, 6.07) is 0. The average molecular weight is 143 g/mol. The molecule has 10 heavy (non-hydrogen) atoms. The Morgan fingerprint density at radius 3 is 2.70 bits per heavy atom. The van der Waals surface area contributed by atoms with Crippen LogP contribution in [0.25, 0.3) is 0 Å². The summed E-state index contributed by atoms with van der Waals surface area (Å²) >= 11 is 0. The third kappa shape index (κ3) is 2.67. The summed E-state index contributed by atoms with van der Waals surface area (Å²) in [6.07, 6.45) is 3.79. The van der Waals surface area contributed by atoms with E-state index in [2.05, 4.69) is 6.92 Å². The molecular formula is C8H15O2. The Bertz CT molecular complexity index is 77.3. The van der Waals surface area contributed by atoms with Crippen molar-refractivity contribution in [2.45, 2.75) is 26.2 Å². The molecule has 0 atom stereocenters. The van der Waals surface area contributed by atoms with E-state index < -0.39 is 0 Å². The van der Waals surface area contributed by atoms with E-state index in [1.165, 1.54) is 26.1 Å². The van der Waals surface area contributed by atoms with Gasteiger partial charge in [-0.15, -0.1) is 0 Å². The van der Waals surface area contributed by atoms with Crippen LogP contribution in [-0.2, 0) is 9.47 Å². The van der Waals surface area contributed by atoms with Crippen molar-refractivity contribution in [2.24, 2.45) is 5.92 Å². The Morgan fingerprint density at radius 2 is 2.10 bits per heavy atom. The molecule has 59 valence electrons. The molecule has 0 amide bonds. The molecule has 1 radical (unpaired) electrons. The fraction of sp³-hybridized carbons (Fsp3) is 0.875. The van der Waals surface area contributed by atoms with Crippen molar-refractivity contribution >= 4 is 0 Å². The first-order valence-corrected chi connectivity index (χ1v) is 3.98. The molecule has 1 aliphatic rings. The summed E-state index contributed by atoms with van der Waals surface area (Å²) < 4.78 is 10.1. The van der Waals surface area contributed by atoms with Crippen LogP contribution < -0.4 is 0 Å². The zero-order valence-corrected chi connectivity index (χ0v) is 6.51. The third-order valence-electron chi connectivity index (χ3n) is 1.77. The van der Waals surface area contributed by atoms with Crippen molar-refractivity contribution in [3.05, 3.63) is 6.79 Å². The molecule has 0 bridgehead atoms. The lowest BCUT2D eigenvalue weighted by molar-refractivity contribution is -0.0650. The zero-order valence-electron chi connectivity index (χ0n) is 6.51. The minimum absolute atomic E-state index is 0.630. The Labute approximate surface area is 62.5 Å². The molecule has 1 rings (SSSR count). The number of hydrogen-bond donors (Lipinski definition) is 0. The van der Waals surface area contributed by atoms with Gasteiger partial charge in [0.15, 0.2) is 0 Å². The fourth-order valence-corrected chi connectivity index (χ4v) is 1.11. The van der Waals surface area contributed by atoms with Crippen LogP contribution >= 0.6 is 0 Å². The summed E-state index contributed by atoms with van der Waals surface area (Å²) in [7, 11) is 0. The Kier molecular flexibility index (Phi) is 3.76. The lowest BCUT2D eigenvalue weighted by atomic mass is 10.0. The summed E-state index contributed by atoms with van der Waals surface area (Å²) in [5.74, 6) is 0.630. The van der Waals surface area contributed by atoms with Crippen LogP contribution in [0.2, 0.25) is 0 Å². The average Bonchev–Trinajstić information content (AvgIpc) is 2.03. The zero-order chi connectivity index (χ0) is 7.23. The second kappa shape index (κ2) is 4.69. The van der Waals surface area contributed by atoms with Crippen molar-refractivity contribution < 1.29 is 9.47 Å². The molecule has 0 saturated carbocycles. The maximum atomic E-state index is 5.03. The van der Waals surface area contributed by atoms with E-state index in [1.54, 1.807) is 0 Å². The van der Waals surface area contributed by atoms with Gasteiger partial charge in [0.2, 0.25) is 6.79 Å². The van der Waals surface area contributed by atoms with Crippen LogP contribution in [0.15, 0.2) is 0 Å². The third-order valence-corrected chi connectivity index (χ3v) is 1.77. The van der Waals surface area contributed by atoms with Gasteiger partial charge in [0.05, 0.1) is 13.2 Å². The van der Waals surface area contributed by atoms with Gasteiger partial charge in [-0.3, -0.25) is 0 Å². The van der Waals surface area contributed by atoms with E-state index in [0.717, 1.165) is 13.2 Å². The largest absolute Gasteiger partial charge is 0.348 e. The van der Waals surface area contributed by atoms with E-state index in [-0.39, 0.29) is 0 Å². The maximum Gasteiger partial charge on any atom is 0.209 e. The molecule has 0 aromatic rings. The highest BCUT2D eigenvalue weighted by molar-refractivity contribution is 4.61. The fourth-order valence-electron chi connectivity index (χ4n) is 1.11. The molecule has 1 saturated heterocycles. The molecule has 0 aromatic heterocycles. The molecule has 0 unspecified atom stereocenters. The van der Waals surface area contributed by atoms with E-state index in [0.29, 0.717) is 5.92 Å². The maximum absolute atomic E-state index is 5.03. The predicted molar refractivity (Wildman–Crippen MR) is 39.2 cm³/mol. The number of rotatable bonds is 3. The molecule has 2 heteroatoms. The van der Waals surface area contributed by atoms with E-state index >= 15 is 0 Å². The molecule has 1 fully saturated rings. The van der Waals surface area contributed by atoms with Crippen molar-refractivity contribution in [2.75, 3.05) is 13.2 Å². The molecule has 0 aromatic carbocycles. The topological polar surface area (TPSA) is 18.5 Å². The van der Waals surface area contributed by atoms with Gasteiger partial charge in [-0.2, -0.15) is 0 Å². The molecule has 0 aliphatic carbocycles. The van der Waals surface area contributed by atoms with Crippen LogP contribution in [0.3, 0.4) is 0 Å². The smallest absolute Gasteiger partial charge is 0.209 e. The molecule has 1 heterocycles. The van der Waals surface area contributed by atoms with Crippen LogP contribution in [0.4, 0.5) is 0 Å². The van der Waals surface area contributed by atoms with E-state index in [4.69, 9.17) is 9.47 Å². The predicted octanol–water partition coefficient (Wildman–Crippen LogP) is 1.96. The summed E-state index contributed by atoms with van der Waals surface area (Å²) in [4.78, 5) is 0. The normalized spacial score (nSPS) is 21.3. The van der Waals surface area contributed by atoms with Gasteiger partial charge in [-0.25, -0.2) is 0 Å². The lowest BCUT2D eigenvalue weighted by Crippen LogP contribution is -2.20. The quantitative estimate of drug-likeness (QED) is 0.601. The first kappa shape index (κ1) is 8.02. The Balaban J connectivity index is 2.02. The van der Waals surface area contributed by atoms with Gasteiger partial charge < -0.3 is 9.47 Å². The van der Waals surface area contributed by atoms with Crippen LogP contribution in [0, 0.1) is 12.7 Å². The summed E-state index contributed by atoms with van der Waals surface area (Å²) in [5, 5.41) is 0. The number of hydrogen-bond acceptors (Lipinski definition) is 2. The van der Waals surface area contributed by atoms with Crippen molar-refractivity contribution in [3.8, 4) is 0 Å². The molecule has 0 spiro atoms. The van der Waals surface area contributed by atoms with Crippen molar-refractivity contribution in [3.63, 3.8) is 0 Å². The minimum Gasteiger partial charge on any atom is -0.348 e. The summed E-state index contributed by atoms with van der Waals surface area (Å²) in [6.45, 7) is 5.35. The van der Waals surface area contributed by atoms with E-state index in [1.807, 2.05) is 0 Å². The van der Waals surface area contributed by atoms with Crippen LogP contribution in [0.1, 0.15) is 26.2 Å². The standard InChI is InChI=1S/C8H15O2/c1-2-3-4-8-5-9-7-10-6-8/h7-8H,2-6H2,1H3. The highest BCUT2D eigenvalue weighted by atomic mass is 16.7. The highest BCUT2D eigenvalue weighted by Gasteiger charge is 2.13. The monoisotopic (exact) mass is 143 g/mol. The van der Waals surface area contributed by atoms with Crippen molar-refractivity contribution in [1.82, 2.24) is 0 Å².